The van der Waals surface area contributed by atoms with Gasteiger partial charge in [-0.3, -0.25) is 0 Å². The molecule has 1 heterocycles. The third-order valence-corrected chi connectivity index (χ3v) is 3.34. The van der Waals surface area contributed by atoms with Crippen molar-refractivity contribution in [2.45, 2.75) is 18.9 Å². The van der Waals surface area contributed by atoms with Crippen LogP contribution in [0.2, 0.25) is 0 Å². The van der Waals surface area contributed by atoms with Gasteiger partial charge in [-0.25, -0.2) is 4.39 Å². The van der Waals surface area contributed by atoms with E-state index in [0.717, 1.165) is 25.9 Å². The Bertz CT molecular complexity index is 356. The van der Waals surface area contributed by atoms with Crippen LogP contribution in [-0.4, -0.2) is 19.1 Å². The first-order valence-electron chi connectivity index (χ1n) is 5.13. The summed E-state index contributed by atoms with van der Waals surface area (Å²) in [5.74, 6) is -0.188. The maximum Gasteiger partial charge on any atom is 0.160 e. The maximum absolute atomic E-state index is 13.8. The molecule has 1 atom stereocenters. The summed E-state index contributed by atoms with van der Waals surface area (Å²) in [5.41, 5.74) is 6.53. The van der Waals surface area contributed by atoms with Crippen LogP contribution in [0.15, 0.2) is 22.7 Å². The number of halogens is 2. The second-order valence-corrected chi connectivity index (χ2v) is 4.78. The summed E-state index contributed by atoms with van der Waals surface area (Å²) >= 11 is 3.19. The lowest BCUT2D eigenvalue weighted by Crippen LogP contribution is -2.43. The highest BCUT2D eigenvalue weighted by Crippen LogP contribution is 2.27. The first kappa shape index (κ1) is 10.9. The van der Waals surface area contributed by atoms with Crippen molar-refractivity contribution in [3.63, 3.8) is 0 Å². The summed E-state index contributed by atoms with van der Waals surface area (Å²) in [5, 5.41) is 0. The van der Waals surface area contributed by atoms with Crippen LogP contribution in [0.3, 0.4) is 0 Å². The van der Waals surface area contributed by atoms with Gasteiger partial charge >= 0.3 is 0 Å². The van der Waals surface area contributed by atoms with Gasteiger partial charge in [-0.1, -0.05) is 6.07 Å². The molecule has 1 fully saturated rings. The number of hydrogen-bond donors (Lipinski definition) is 1. The Morgan fingerprint density at radius 1 is 1.47 bits per heavy atom. The molecule has 2 rings (SSSR count). The first-order chi connectivity index (χ1) is 7.18. The molecule has 0 aromatic heterocycles. The molecule has 0 bridgehead atoms. The monoisotopic (exact) mass is 272 g/mol. The predicted octanol–water partition coefficient (Wildman–Crippen LogP) is 2.52. The topological polar surface area (TPSA) is 29.3 Å². The summed E-state index contributed by atoms with van der Waals surface area (Å²) in [6, 6.07) is 5.53. The zero-order valence-electron chi connectivity index (χ0n) is 8.42. The minimum absolute atomic E-state index is 0.164. The van der Waals surface area contributed by atoms with Crippen molar-refractivity contribution < 1.29 is 4.39 Å². The van der Waals surface area contributed by atoms with Crippen LogP contribution in [-0.2, 0) is 0 Å². The second-order valence-electron chi connectivity index (χ2n) is 3.92. The van der Waals surface area contributed by atoms with E-state index in [1.165, 1.54) is 0 Å². The number of nitrogens with zero attached hydrogens (tertiary/aromatic N) is 1. The van der Waals surface area contributed by atoms with Gasteiger partial charge < -0.3 is 10.6 Å². The van der Waals surface area contributed by atoms with E-state index in [0.29, 0.717) is 10.2 Å². The Labute approximate surface area is 97.4 Å². The summed E-state index contributed by atoms with van der Waals surface area (Å²) in [4.78, 5) is 2.02. The van der Waals surface area contributed by atoms with E-state index in [4.69, 9.17) is 5.73 Å². The molecule has 0 amide bonds. The number of nitrogens with two attached hydrogens (primary N) is 1. The third-order valence-electron chi connectivity index (χ3n) is 2.73. The summed E-state index contributed by atoms with van der Waals surface area (Å²) in [6.07, 6.45) is 2.07. The normalized spacial score (nSPS) is 21.8. The van der Waals surface area contributed by atoms with Crippen molar-refractivity contribution in [1.29, 1.82) is 0 Å². The Kier molecular flexibility index (Phi) is 3.26. The number of piperidine rings is 1. The average Bonchev–Trinajstić information content (AvgIpc) is 2.22. The molecule has 2 nitrogen and oxygen atoms in total. The fraction of sp³-hybridized carbons (Fsp3) is 0.455. The van der Waals surface area contributed by atoms with Crippen LogP contribution >= 0.6 is 15.9 Å². The molecule has 1 aromatic rings. The second kappa shape index (κ2) is 4.49. The molecular formula is C11H14BrFN2. The maximum atomic E-state index is 13.8. The van der Waals surface area contributed by atoms with Crippen LogP contribution in [0.5, 0.6) is 0 Å². The van der Waals surface area contributed by atoms with Crippen molar-refractivity contribution in [2.24, 2.45) is 5.73 Å². The molecule has 15 heavy (non-hydrogen) atoms. The minimum atomic E-state index is -0.188. The van der Waals surface area contributed by atoms with Crippen molar-refractivity contribution in [3.8, 4) is 0 Å². The van der Waals surface area contributed by atoms with Crippen molar-refractivity contribution in [1.82, 2.24) is 0 Å². The summed E-state index contributed by atoms with van der Waals surface area (Å²) in [7, 11) is 0. The van der Waals surface area contributed by atoms with E-state index < -0.39 is 0 Å². The third kappa shape index (κ3) is 2.32. The standard InChI is InChI=1S/C11H14BrFN2/c12-9-4-1-5-10(11(9)13)15-6-2-3-8(14)7-15/h1,4-5,8H,2-3,6-7,14H2. The van der Waals surface area contributed by atoms with E-state index in [2.05, 4.69) is 15.9 Å². The average molecular weight is 273 g/mol. The lowest BCUT2D eigenvalue weighted by Gasteiger charge is -2.32. The number of benzene rings is 1. The molecule has 0 spiro atoms. The van der Waals surface area contributed by atoms with Gasteiger partial charge in [0.15, 0.2) is 5.82 Å². The molecule has 82 valence electrons. The number of rotatable bonds is 1. The highest BCUT2D eigenvalue weighted by Gasteiger charge is 2.20. The van der Waals surface area contributed by atoms with Gasteiger partial charge in [-0.2, -0.15) is 0 Å². The zero-order chi connectivity index (χ0) is 10.8. The van der Waals surface area contributed by atoms with E-state index in [9.17, 15) is 4.39 Å². The van der Waals surface area contributed by atoms with Gasteiger partial charge in [0.1, 0.15) is 0 Å². The molecular weight excluding hydrogens is 259 g/mol. The summed E-state index contributed by atoms with van der Waals surface area (Å²) < 4.78 is 14.3. The van der Waals surface area contributed by atoms with Crippen molar-refractivity contribution >= 4 is 21.6 Å². The Balaban J connectivity index is 2.24. The van der Waals surface area contributed by atoms with Crippen LogP contribution in [0.4, 0.5) is 10.1 Å². The lowest BCUT2D eigenvalue weighted by atomic mass is 10.1. The molecule has 1 aromatic carbocycles. The molecule has 1 unspecified atom stereocenters. The largest absolute Gasteiger partial charge is 0.368 e. The summed E-state index contributed by atoms with van der Waals surface area (Å²) in [6.45, 7) is 1.63. The van der Waals surface area contributed by atoms with Crippen molar-refractivity contribution in [3.05, 3.63) is 28.5 Å². The van der Waals surface area contributed by atoms with E-state index >= 15 is 0 Å². The van der Waals surface area contributed by atoms with Gasteiger partial charge in [0.05, 0.1) is 10.2 Å². The minimum Gasteiger partial charge on any atom is -0.368 e. The SMILES string of the molecule is NC1CCCN(c2cccc(Br)c2F)C1. The van der Waals surface area contributed by atoms with E-state index in [1.807, 2.05) is 11.0 Å². The quantitative estimate of drug-likeness (QED) is 0.851. The highest BCUT2D eigenvalue weighted by atomic mass is 79.9. The number of hydrogen-bond acceptors (Lipinski definition) is 2. The Hall–Kier alpha value is -0.610. The highest BCUT2D eigenvalue weighted by molar-refractivity contribution is 9.10. The van der Waals surface area contributed by atoms with Crippen LogP contribution < -0.4 is 10.6 Å². The molecule has 1 aliphatic rings. The van der Waals surface area contributed by atoms with Crippen LogP contribution in [0.25, 0.3) is 0 Å². The van der Waals surface area contributed by atoms with Gasteiger partial charge in [0.2, 0.25) is 0 Å². The van der Waals surface area contributed by atoms with Gasteiger partial charge in [-0.05, 0) is 40.9 Å². The lowest BCUT2D eigenvalue weighted by molar-refractivity contribution is 0.497. The zero-order valence-corrected chi connectivity index (χ0v) is 10.0. The van der Waals surface area contributed by atoms with Gasteiger partial charge in [0, 0.05) is 19.1 Å². The molecule has 4 heteroatoms. The molecule has 1 aliphatic heterocycles. The van der Waals surface area contributed by atoms with Crippen molar-refractivity contribution in [2.75, 3.05) is 18.0 Å². The molecule has 0 aliphatic carbocycles. The van der Waals surface area contributed by atoms with Crippen LogP contribution in [0, 0.1) is 5.82 Å². The predicted molar refractivity (Wildman–Crippen MR) is 63.5 cm³/mol. The Morgan fingerprint density at radius 2 is 2.27 bits per heavy atom. The fourth-order valence-electron chi connectivity index (χ4n) is 1.97. The van der Waals surface area contributed by atoms with Gasteiger partial charge in [-0.15, -0.1) is 0 Å². The molecule has 0 radical (unpaired) electrons. The van der Waals surface area contributed by atoms with Gasteiger partial charge in [0.25, 0.3) is 0 Å². The molecule has 1 saturated heterocycles. The molecule has 2 N–H and O–H groups in total. The fourth-order valence-corrected chi connectivity index (χ4v) is 2.32. The Morgan fingerprint density at radius 3 is 3.00 bits per heavy atom. The van der Waals surface area contributed by atoms with Crippen LogP contribution in [0.1, 0.15) is 12.8 Å². The van der Waals surface area contributed by atoms with E-state index in [-0.39, 0.29) is 11.9 Å². The molecule has 0 saturated carbocycles. The number of anilines is 1. The van der Waals surface area contributed by atoms with E-state index in [1.54, 1.807) is 12.1 Å². The first-order valence-corrected chi connectivity index (χ1v) is 5.92. The smallest absolute Gasteiger partial charge is 0.160 e.